The van der Waals surface area contributed by atoms with Crippen LogP contribution in [0.15, 0.2) is 45.5 Å². The second kappa shape index (κ2) is 9.49. The van der Waals surface area contributed by atoms with Gasteiger partial charge in [-0.2, -0.15) is 10.2 Å². The van der Waals surface area contributed by atoms with E-state index in [1.54, 1.807) is 7.05 Å². The number of nitriles is 1. The molecule has 176 valence electrons. The van der Waals surface area contributed by atoms with Crippen molar-refractivity contribution in [3.8, 4) is 6.07 Å². The molecule has 1 aromatic carbocycles. The Morgan fingerprint density at radius 3 is 2.44 bits per heavy atom. The smallest absolute Gasteiger partial charge is 0.332 e. The van der Waals surface area contributed by atoms with E-state index in [-0.39, 0.29) is 5.78 Å². The second-order valence-corrected chi connectivity index (χ2v) is 8.56. The Balaban J connectivity index is 1.85. The Morgan fingerprint density at radius 2 is 1.82 bits per heavy atom. The van der Waals surface area contributed by atoms with Gasteiger partial charge in [-0.25, -0.2) is 4.79 Å². The molecule has 0 spiro atoms. The molecule has 0 saturated carbocycles. The molecular weight excluding hydrogens is 434 g/mol. The first-order valence-corrected chi connectivity index (χ1v) is 11.1. The van der Waals surface area contributed by atoms with E-state index in [4.69, 9.17) is 10.2 Å². The molecule has 1 aliphatic rings. The summed E-state index contributed by atoms with van der Waals surface area (Å²) in [5, 5.41) is 12.3. The maximum absolute atomic E-state index is 13.6. The topological polar surface area (TPSA) is 118 Å². The number of aryl methyl sites for hydroxylation is 1. The summed E-state index contributed by atoms with van der Waals surface area (Å²) in [6.45, 7) is 7.05. The molecule has 10 nitrogen and oxygen atoms in total. The molecule has 34 heavy (non-hydrogen) atoms. The number of hydrogen-bond donors (Lipinski definition) is 1. The Bertz CT molecular complexity index is 1420. The average Bonchev–Trinajstić information content (AvgIpc) is 3.24. The number of carbonyl (C=O) groups excluding carboxylic acids is 1. The van der Waals surface area contributed by atoms with Crippen LogP contribution in [-0.2, 0) is 20.1 Å². The predicted octanol–water partition coefficient (Wildman–Crippen LogP) is 1.03. The minimum absolute atomic E-state index is 0.292. The van der Waals surface area contributed by atoms with Crippen molar-refractivity contribution >= 4 is 22.9 Å². The van der Waals surface area contributed by atoms with Crippen LogP contribution in [0.2, 0.25) is 0 Å². The molecular formula is C24H27N7O3. The number of ketones is 1. The van der Waals surface area contributed by atoms with Gasteiger partial charge in [-0.05, 0) is 26.0 Å². The Labute approximate surface area is 196 Å². The largest absolute Gasteiger partial charge is 0.340 e. The maximum atomic E-state index is 13.6. The van der Waals surface area contributed by atoms with Gasteiger partial charge in [-0.3, -0.25) is 18.7 Å². The third-order valence-corrected chi connectivity index (χ3v) is 5.93. The van der Waals surface area contributed by atoms with Crippen molar-refractivity contribution in [2.45, 2.75) is 26.9 Å². The van der Waals surface area contributed by atoms with Gasteiger partial charge in [0.05, 0.1) is 18.2 Å². The lowest BCUT2D eigenvalue weighted by Gasteiger charge is -2.28. The van der Waals surface area contributed by atoms with E-state index >= 15 is 0 Å². The van der Waals surface area contributed by atoms with E-state index in [1.165, 1.54) is 28.8 Å². The van der Waals surface area contributed by atoms with Gasteiger partial charge in [0.25, 0.3) is 5.56 Å². The molecule has 1 aliphatic heterocycles. The number of nitrogens with one attached hydrogen (secondary N) is 1. The predicted molar refractivity (Wildman–Crippen MR) is 129 cm³/mol. The summed E-state index contributed by atoms with van der Waals surface area (Å²) < 4.78 is 4.12. The molecule has 2 aromatic heterocycles. The van der Waals surface area contributed by atoms with Gasteiger partial charge < -0.3 is 14.8 Å². The number of allylic oxidation sites excluding steroid dienone is 2. The quantitative estimate of drug-likeness (QED) is 0.430. The molecule has 0 radical (unpaired) electrons. The van der Waals surface area contributed by atoms with E-state index in [1.807, 2.05) is 30.6 Å². The zero-order valence-electron chi connectivity index (χ0n) is 19.5. The number of anilines is 1. The summed E-state index contributed by atoms with van der Waals surface area (Å²) >= 11 is 0. The minimum Gasteiger partial charge on any atom is -0.340 e. The van der Waals surface area contributed by atoms with Gasteiger partial charge in [0.15, 0.2) is 16.9 Å². The molecule has 3 aromatic rings. The third-order valence-electron chi connectivity index (χ3n) is 5.93. The van der Waals surface area contributed by atoms with E-state index in [0.29, 0.717) is 34.8 Å². The number of piperazine rings is 1. The highest BCUT2D eigenvalue weighted by atomic mass is 16.2. The summed E-state index contributed by atoms with van der Waals surface area (Å²) in [7, 11) is 1.56. The van der Waals surface area contributed by atoms with Crippen LogP contribution in [-0.4, -0.2) is 50.6 Å². The fourth-order valence-corrected chi connectivity index (χ4v) is 4.02. The molecule has 0 unspecified atom stereocenters. The first kappa shape index (κ1) is 23.2. The highest BCUT2D eigenvalue weighted by molar-refractivity contribution is 5.96. The molecule has 1 fully saturated rings. The van der Waals surface area contributed by atoms with Gasteiger partial charge >= 0.3 is 5.69 Å². The molecule has 0 atom stereocenters. The fraction of sp³-hybridized carbons (Fsp3) is 0.375. The minimum atomic E-state index is -0.599. The SMILES string of the molecule is CC(C)=CCn1c(N2CCNCC2)nc2c1c(=O)n(CC(=O)c1ccc(C#N)cc1)c(=O)n2C. The van der Waals surface area contributed by atoms with Crippen LogP contribution in [0.5, 0.6) is 0 Å². The number of nitrogens with zero attached hydrogens (tertiary/aromatic N) is 6. The Hall–Kier alpha value is -3.97. The molecule has 0 amide bonds. The van der Waals surface area contributed by atoms with E-state index in [2.05, 4.69) is 10.2 Å². The Morgan fingerprint density at radius 1 is 1.15 bits per heavy atom. The monoisotopic (exact) mass is 461 g/mol. The van der Waals surface area contributed by atoms with Crippen molar-refractivity contribution in [3.63, 3.8) is 0 Å². The summed E-state index contributed by atoms with van der Waals surface area (Å²) in [6.07, 6.45) is 2.00. The number of hydrogen-bond acceptors (Lipinski definition) is 7. The standard InChI is InChI=1S/C24H27N7O3/c1-16(2)8-11-30-20-21(27-23(30)29-12-9-26-10-13-29)28(3)24(34)31(22(20)33)15-19(32)18-6-4-17(14-25)5-7-18/h4-8,26H,9-13,15H2,1-3H3. The summed E-state index contributed by atoms with van der Waals surface area (Å²) in [4.78, 5) is 46.3. The van der Waals surface area contributed by atoms with Gasteiger partial charge in [0, 0.05) is 45.3 Å². The summed E-state index contributed by atoms with van der Waals surface area (Å²) in [6, 6.07) is 8.12. The van der Waals surface area contributed by atoms with Crippen molar-refractivity contribution in [3.05, 3.63) is 67.9 Å². The summed E-state index contributed by atoms with van der Waals surface area (Å²) in [5.41, 5.74) is 1.29. The van der Waals surface area contributed by atoms with E-state index in [0.717, 1.165) is 36.3 Å². The summed E-state index contributed by atoms with van der Waals surface area (Å²) in [5.74, 6) is 0.248. The van der Waals surface area contributed by atoms with Crippen LogP contribution in [0.1, 0.15) is 29.8 Å². The highest BCUT2D eigenvalue weighted by Crippen LogP contribution is 2.20. The van der Waals surface area contributed by atoms with Crippen LogP contribution >= 0.6 is 0 Å². The number of fused-ring (bicyclic) bond motifs is 1. The number of Topliss-reactive ketones (excluding diaryl/α,β-unsaturated/α-hetero) is 1. The van der Waals surface area contributed by atoms with Gasteiger partial charge in [-0.1, -0.05) is 23.8 Å². The van der Waals surface area contributed by atoms with E-state index < -0.39 is 17.8 Å². The zero-order valence-corrected chi connectivity index (χ0v) is 19.5. The zero-order chi connectivity index (χ0) is 24.4. The first-order valence-electron chi connectivity index (χ1n) is 11.1. The normalized spacial score (nSPS) is 13.6. The van der Waals surface area contributed by atoms with Gasteiger partial charge in [-0.15, -0.1) is 0 Å². The molecule has 10 heteroatoms. The van der Waals surface area contributed by atoms with Crippen molar-refractivity contribution < 1.29 is 4.79 Å². The van der Waals surface area contributed by atoms with Crippen molar-refractivity contribution in [1.82, 2.24) is 24.0 Å². The first-order chi connectivity index (χ1) is 16.3. The van der Waals surface area contributed by atoms with Gasteiger partial charge in [0.1, 0.15) is 0 Å². The lowest BCUT2D eigenvalue weighted by atomic mass is 10.1. The van der Waals surface area contributed by atoms with E-state index in [9.17, 15) is 14.4 Å². The number of benzene rings is 1. The second-order valence-electron chi connectivity index (χ2n) is 8.56. The van der Waals surface area contributed by atoms with Gasteiger partial charge in [0.2, 0.25) is 5.95 Å². The molecule has 4 rings (SSSR count). The maximum Gasteiger partial charge on any atom is 0.332 e. The number of aromatic nitrogens is 4. The molecule has 1 N–H and O–H groups in total. The van der Waals surface area contributed by atoms with Crippen LogP contribution in [0.4, 0.5) is 5.95 Å². The van der Waals surface area contributed by atoms with Crippen LogP contribution < -0.4 is 21.5 Å². The van der Waals surface area contributed by atoms with Crippen molar-refractivity contribution in [2.75, 3.05) is 31.1 Å². The Kier molecular flexibility index (Phi) is 6.47. The molecule has 1 saturated heterocycles. The van der Waals surface area contributed by atoms with Crippen molar-refractivity contribution in [1.29, 1.82) is 5.26 Å². The average molecular weight is 462 g/mol. The van der Waals surface area contributed by atoms with Crippen LogP contribution in [0.3, 0.4) is 0 Å². The molecule has 3 heterocycles. The fourth-order valence-electron chi connectivity index (χ4n) is 4.02. The van der Waals surface area contributed by atoms with Crippen LogP contribution in [0, 0.1) is 11.3 Å². The van der Waals surface area contributed by atoms with Crippen molar-refractivity contribution in [2.24, 2.45) is 7.05 Å². The molecule has 0 bridgehead atoms. The molecule has 0 aliphatic carbocycles. The lowest BCUT2D eigenvalue weighted by molar-refractivity contribution is 0.0969. The number of carbonyl (C=O) groups is 1. The number of imidazole rings is 1. The highest BCUT2D eigenvalue weighted by Gasteiger charge is 2.24. The lowest BCUT2D eigenvalue weighted by Crippen LogP contribution is -2.44. The van der Waals surface area contributed by atoms with Crippen LogP contribution in [0.25, 0.3) is 11.2 Å². The number of rotatable bonds is 6. The third kappa shape index (κ3) is 4.30.